The Balaban J connectivity index is 1.36. The molecule has 39 heavy (non-hydrogen) atoms. The topological polar surface area (TPSA) is 123 Å². The van der Waals surface area contributed by atoms with Crippen LogP contribution < -0.4 is 24.4 Å². The molecule has 1 aliphatic rings. The van der Waals surface area contributed by atoms with Gasteiger partial charge in [-0.05, 0) is 48.4 Å². The summed E-state index contributed by atoms with van der Waals surface area (Å²) in [7, 11) is -2.20. The quantitative estimate of drug-likeness (QED) is 0.330. The number of carbonyl (C=O) groups excluding carboxylic acids is 2. The molecule has 0 saturated carbocycles. The molecule has 0 spiro atoms. The fraction of sp³-hybridized carbons (Fsp3) is 0.286. The minimum Gasteiger partial charge on any atom is -0.484 e. The van der Waals surface area contributed by atoms with Crippen molar-refractivity contribution >= 4 is 27.5 Å². The van der Waals surface area contributed by atoms with E-state index >= 15 is 0 Å². The van der Waals surface area contributed by atoms with Crippen molar-refractivity contribution in [1.29, 1.82) is 0 Å². The molecule has 0 bridgehead atoms. The molecule has 0 radical (unpaired) electrons. The van der Waals surface area contributed by atoms with Crippen molar-refractivity contribution < 1.29 is 32.2 Å². The molecule has 4 rings (SSSR count). The predicted octanol–water partition coefficient (Wildman–Crippen LogP) is 2.14. The SMILES string of the molecule is COCCNS(=O)(=O)c1ccc(OCC(=O)N2CC(C(=O)NCCc3ccccc3)Oc3ccccc32)cc1. The molecular weight excluding hydrogens is 522 g/mol. The Morgan fingerprint density at radius 1 is 0.974 bits per heavy atom. The number of carbonyl (C=O) groups is 2. The summed E-state index contributed by atoms with van der Waals surface area (Å²) in [6.45, 7) is 0.562. The fourth-order valence-corrected chi connectivity index (χ4v) is 5.01. The van der Waals surface area contributed by atoms with Gasteiger partial charge in [0, 0.05) is 20.2 Å². The molecule has 0 fully saturated rings. The molecule has 3 aromatic carbocycles. The maximum Gasteiger partial charge on any atom is 0.265 e. The first-order valence-electron chi connectivity index (χ1n) is 12.5. The molecule has 1 unspecified atom stereocenters. The van der Waals surface area contributed by atoms with Crippen molar-refractivity contribution in [3.63, 3.8) is 0 Å². The zero-order chi connectivity index (χ0) is 27.7. The maximum atomic E-state index is 13.2. The standard InChI is InChI=1S/C28H31N3O7S/c1-36-18-17-30-39(34,35)23-13-11-22(12-14-23)37-20-27(32)31-19-26(38-25-10-6-5-9-24(25)31)28(33)29-16-15-21-7-3-2-4-8-21/h2-14,26,30H,15-20H2,1H3,(H,29,33). The van der Waals surface area contributed by atoms with Gasteiger partial charge in [0.15, 0.2) is 12.7 Å². The smallest absolute Gasteiger partial charge is 0.265 e. The van der Waals surface area contributed by atoms with Crippen LogP contribution >= 0.6 is 0 Å². The number of sulfonamides is 1. The van der Waals surface area contributed by atoms with Gasteiger partial charge in [-0.2, -0.15) is 0 Å². The van der Waals surface area contributed by atoms with Gasteiger partial charge in [-0.25, -0.2) is 13.1 Å². The number of hydrogen-bond donors (Lipinski definition) is 2. The second-order valence-electron chi connectivity index (χ2n) is 8.76. The minimum absolute atomic E-state index is 0.0285. The highest BCUT2D eigenvalue weighted by Gasteiger charge is 2.33. The Labute approximate surface area is 227 Å². The van der Waals surface area contributed by atoms with E-state index in [4.69, 9.17) is 14.2 Å². The molecule has 11 heteroatoms. The summed E-state index contributed by atoms with van der Waals surface area (Å²) in [6, 6.07) is 22.6. The van der Waals surface area contributed by atoms with Crippen LogP contribution in [-0.4, -0.2) is 66.3 Å². The van der Waals surface area contributed by atoms with Gasteiger partial charge in [0.2, 0.25) is 10.0 Å². The number of para-hydroxylation sites is 2. The van der Waals surface area contributed by atoms with Crippen molar-refractivity contribution in [3.8, 4) is 11.5 Å². The zero-order valence-electron chi connectivity index (χ0n) is 21.5. The molecule has 2 N–H and O–H groups in total. The number of amides is 2. The molecule has 1 aliphatic heterocycles. The molecule has 2 amide bonds. The first kappa shape index (κ1) is 28.1. The van der Waals surface area contributed by atoms with Crippen molar-refractivity contribution in [2.75, 3.05) is 44.9 Å². The van der Waals surface area contributed by atoms with Gasteiger partial charge in [0.05, 0.1) is 23.7 Å². The average molecular weight is 554 g/mol. The van der Waals surface area contributed by atoms with Gasteiger partial charge >= 0.3 is 0 Å². The van der Waals surface area contributed by atoms with Crippen LogP contribution in [0.15, 0.2) is 83.8 Å². The lowest BCUT2D eigenvalue weighted by molar-refractivity contribution is -0.128. The third-order valence-corrected chi connectivity index (χ3v) is 7.49. The highest BCUT2D eigenvalue weighted by molar-refractivity contribution is 7.89. The van der Waals surface area contributed by atoms with Crippen LogP contribution in [0.25, 0.3) is 0 Å². The number of nitrogens with one attached hydrogen (secondary N) is 2. The first-order valence-corrected chi connectivity index (χ1v) is 13.9. The van der Waals surface area contributed by atoms with E-state index in [1.807, 2.05) is 30.3 Å². The van der Waals surface area contributed by atoms with Crippen LogP contribution in [0, 0.1) is 0 Å². The Bertz CT molecular complexity index is 1370. The van der Waals surface area contributed by atoms with E-state index in [1.165, 1.54) is 36.3 Å². The Hall–Kier alpha value is -3.93. The van der Waals surface area contributed by atoms with Gasteiger partial charge < -0.3 is 24.4 Å². The van der Waals surface area contributed by atoms with Crippen LogP contribution in [0.2, 0.25) is 0 Å². The lowest BCUT2D eigenvalue weighted by atomic mass is 10.1. The van der Waals surface area contributed by atoms with Gasteiger partial charge in [0.1, 0.15) is 11.5 Å². The second-order valence-corrected chi connectivity index (χ2v) is 10.5. The number of ether oxygens (including phenoxy) is 3. The van der Waals surface area contributed by atoms with Crippen molar-refractivity contribution in [2.45, 2.75) is 17.4 Å². The third-order valence-electron chi connectivity index (χ3n) is 6.02. The Kier molecular flexibility index (Phi) is 9.53. The Morgan fingerprint density at radius 3 is 2.44 bits per heavy atom. The third kappa shape index (κ3) is 7.56. The summed E-state index contributed by atoms with van der Waals surface area (Å²) in [5, 5.41) is 2.89. The van der Waals surface area contributed by atoms with Crippen LogP contribution in [-0.2, 0) is 30.8 Å². The molecular formula is C28H31N3O7S. The second kappa shape index (κ2) is 13.2. The summed E-state index contributed by atoms with van der Waals surface area (Å²) in [4.78, 5) is 27.6. The van der Waals surface area contributed by atoms with E-state index in [-0.39, 0.29) is 43.0 Å². The summed E-state index contributed by atoms with van der Waals surface area (Å²) >= 11 is 0. The number of rotatable bonds is 12. The molecule has 10 nitrogen and oxygen atoms in total. The van der Waals surface area contributed by atoms with Gasteiger partial charge in [-0.1, -0.05) is 42.5 Å². The Morgan fingerprint density at radius 2 is 1.69 bits per heavy atom. The van der Waals surface area contributed by atoms with Crippen molar-refractivity contribution in [3.05, 3.63) is 84.4 Å². The van der Waals surface area contributed by atoms with Crippen LogP contribution in [0.5, 0.6) is 11.5 Å². The van der Waals surface area contributed by atoms with Gasteiger partial charge in [-0.3, -0.25) is 9.59 Å². The lowest BCUT2D eigenvalue weighted by Crippen LogP contribution is -2.52. The molecule has 0 saturated heterocycles. The van der Waals surface area contributed by atoms with E-state index in [9.17, 15) is 18.0 Å². The molecule has 1 atom stereocenters. The van der Waals surface area contributed by atoms with E-state index < -0.39 is 16.1 Å². The normalized spacial score (nSPS) is 14.7. The van der Waals surface area contributed by atoms with Crippen molar-refractivity contribution in [1.82, 2.24) is 10.0 Å². The average Bonchev–Trinajstić information content (AvgIpc) is 2.96. The van der Waals surface area contributed by atoms with Crippen LogP contribution in [0.1, 0.15) is 5.56 Å². The maximum absolute atomic E-state index is 13.2. The van der Waals surface area contributed by atoms with E-state index in [2.05, 4.69) is 10.0 Å². The van der Waals surface area contributed by atoms with Gasteiger partial charge in [0.25, 0.3) is 11.8 Å². The van der Waals surface area contributed by atoms with Crippen LogP contribution in [0.3, 0.4) is 0 Å². The van der Waals surface area contributed by atoms with E-state index in [0.717, 1.165) is 5.56 Å². The van der Waals surface area contributed by atoms with Crippen LogP contribution in [0.4, 0.5) is 5.69 Å². The lowest BCUT2D eigenvalue weighted by Gasteiger charge is -2.34. The number of hydrogen-bond acceptors (Lipinski definition) is 7. The monoisotopic (exact) mass is 553 g/mol. The summed E-state index contributed by atoms with van der Waals surface area (Å²) < 4.78 is 43.5. The highest BCUT2D eigenvalue weighted by atomic mass is 32.2. The molecule has 0 aliphatic carbocycles. The summed E-state index contributed by atoms with van der Waals surface area (Å²) in [5.74, 6) is 0.0765. The number of benzene rings is 3. The molecule has 1 heterocycles. The number of fused-ring (bicyclic) bond motifs is 1. The molecule has 3 aromatic rings. The highest BCUT2D eigenvalue weighted by Crippen LogP contribution is 2.33. The minimum atomic E-state index is -3.68. The van der Waals surface area contributed by atoms with Gasteiger partial charge in [-0.15, -0.1) is 0 Å². The predicted molar refractivity (Wildman–Crippen MR) is 145 cm³/mol. The first-order chi connectivity index (χ1) is 18.9. The number of anilines is 1. The number of methoxy groups -OCH3 is 1. The largest absolute Gasteiger partial charge is 0.484 e. The molecule has 206 valence electrons. The fourth-order valence-electron chi connectivity index (χ4n) is 4.00. The summed E-state index contributed by atoms with van der Waals surface area (Å²) in [5.41, 5.74) is 1.65. The summed E-state index contributed by atoms with van der Waals surface area (Å²) in [6.07, 6.45) is -0.204. The van der Waals surface area contributed by atoms with E-state index in [0.29, 0.717) is 30.2 Å². The van der Waals surface area contributed by atoms with E-state index in [1.54, 1.807) is 24.3 Å². The number of nitrogens with zero attached hydrogens (tertiary/aromatic N) is 1. The van der Waals surface area contributed by atoms with Crippen molar-refractivity contribution in [2.24, 2.45) is 0 Å². The molecule has 0 aromatic heterocycles. The zero-order valence-corrected chi connectivity index (χ0v) is 22.4.